The molecular formula is C45H30FN. The molecule has 0 saturated heterocycles. The minimum Gasteiger partial charge on any atom is -0.313 e. The van der Waals surface area contributed by atoms with Crippen LogP contribution in [-0.2, 0) is 0 Å². The third-order valence-electron chi connectivity index (χ3n) is 10.3. The summed E-state index contributed by atoms with van der Waals surface area (Å²) in [6.07, 6.45) is 8.04. The number of hydrogen-bond acceptors (Lipinski definition) is 0. The molecule has 2 aliphatic carbocycles. The van der Waals surface area contributed by atoms with Gasteiger partial charge in [-0.3, -0.25) is 0 Å². The molecule has 1 heterocycles. The van der Waals surface area contributed by atoms with E-state index in [1.807, 2.05) is 0 Å². The first-order chi connectivity index (χ1) is 23.2. The van der Waals surface area contributed by atoms with Gasteiger partial charge in [0.15, 0.2) is 0 Å². The van der Waals surface area contributed by atoms with Crippen molar-refractivity contribution in [2.75, 3.05) is 0 Å². The van der Waals surface area contributed by atoms with Gasteiger partial charge in [0.1, 0.15) is 5.82 Å². The van der Waals surface area contributed by atoms with E-state index in [0.29, 0.717) is 11.8 Å². The normalized spacial score (nSPS) is 17.0. The summed E-state index contributed by atoms with van der Waals surface area (Å²) < 4.78 is 17.9. The Bertz CT molecular complexity index is 2580. The first kappa shape index (κ1) is 26.5. The number of aromatic nitrogens is 1. The Labute approximate surface area is 272 Å². The Kier molecular flexibility index (Phi) is 5.71. The molecule has 1 nitrogen and oxygen atoms in total. The molecule has 0 radical (unpaired) electrons. The van der Waals surface area contributed by atoms with E-state index in [1.54, 1.807) is 12.1 Å². The summed E-state index contributed by atoms with van der Waals surface area (Å²) in [5, 5.41) is 8.49. The lowest BCUT2D eigenvalue weighted by Gasteiger charge is -2.17. The predicted molar refractivity (Wildman–Crippen MR) is 196 cm³/mol. The van der Waals surface area contributed by atoms with Crippen molar-refractivity contribution >= 4 is 48.9 Å². The van der Waals surface area contributed by atoms with Crippen molar-refractivity contribution in [3.05, 3.63) is 164 Å². The standard InChI is InChI=1S/C45H30FN/c46-35-23-32(22-33(24-35)30-17-19-40-38-14-5-4-12-36(38)37-13-6-7-15-39(37)42(40)25-30)29-18-20-43-34(21-29)27-45(28-9-2-1-3-10-28)47(43)44-16-8-11-31-26-41(31)44/h1-25,27,31,41H,26H2. The van der Waals surface area contributed by atoms with Crippen LogP contribution in [0.5, 0.6) is 0 Å². The van der Waals surface area contributed by atoms with Crippen molar-refractivity contribution in [2.45, 2.75) is 6.42 Å². The maximum atomic E-state index is 15.5. The second-order valence-corrected chi connectivity index (χ2v) is 13.1. The van der Waals surface area contributed by atoms with Crippen LogP contribution in [0, 0.1) is 17.7 Å². The van der Waals surface area contributed by atoms with E-state index in [4.69, 9.17) is 0 Å². The van der Waals surface area contributed by atoms with Crippen LogP contribution in [0.2, 0.25) is 0 Å². The first-order valence-electron chi connectivity index (χ1n) is 16.4. The molecule has 10 rings (SSSR count). The topological polar surface area (TPSA) is 4.93 Å². The number of rotatable bonds is 4. The Balaban J connectivity index is 1.12. The predicted octanol–water partition coefficient (Wildman–Crippen LogP) is 12.3. The Morgan fingerprint density at radius 3 is 1.85 bits per heavy atom. The van der Waals surface area contributed by atoms with Gasteiger partial charge in [-0.15, -0.1) is 0 Å². The molecule has 1 saturated carbocycles. The largest absolute Gasteiger partial charge is 0.313 e. The molecule has 1 fully saturated rings. The molecule has 8 aromatic rings. The number of hydrogen-bond donors (Lipinski definition) is 0. The van der Waals surface area contributed by atoms with E-state index < -0.39 is 0 Å². The van der Waals surface area contributed by atoms with Gasteiger partial charge in [-0.2, -0.15) is 0 Å². The summed E-state index contributed by atoms with van der Waals surface area (Å²) in [6.45, 7) is 0. The molecule has 7 aromatic carbocycles. The van der Waals surface area contributed by atoms with Crippen LogP contribution in [0.1, 0.15) is 6.42 Å². The van der Waals surface area contributed by atoms with Crippen molar-refractivity contribution in [1.29, 1.82) is 0 Å². The highest BCUT2D eigenvalue weighted by molar-refractivity contribution is 6.25. The first-order valence-corrected chi connectivity index (χ1v) is 16.4. The molecule has 1 aromatic heterocycles. The van der Waals surface area contributed by atoms with Gasteiger partial charge in [0.25, 0.3) is 0 Å². The van der Waals surface area contributed by atoms with Crippen molar-refractivity contribution in [1.82, 2.24) is 4.57 Å². The van der Waals surface area contributed by atoms with Gasteiger partial charge < -0.3 is 4.57 Å². The molecule has 0 bridgehead atoms. The van der Waals surface area contributed by atoms with Gasteiger partial charge in [-0.1, -0.05) is 109 Å². The highest BCUT2D eigenvalue weighted by Gasteiger charge is 2.40. The van der Waals surface area contributed by atoms with Gasteiger partial charge in [-0.25, -0.2) is 4.39 Å². The summed E-state index contributed by atoms with van der Waals surface area (Å²) in [5.41, 5.74) is 8.71. The molecule has 0 aliphatic heterocycles. The average molecular weight is 604 g/mol. The monoisotopic (exact) mass is 603 g/mol. The number of allylic oxidation sites excluding steroid dienone is 4. The van der Waals surface area contributed by atoms with Crippen molar-refractivity contribution in [2.24, 2.45) is 11.8 Å². The van der Waals surface area contributed by atoms with Crippen LogP contribution in [0.4, 0.5) is 4.39 Å². The Morgan fingerprint density at radius 1 is 0.511 bits per heavy atom. The van der Waals surface area contributed by atoms with Crippen molar-refractivity contribution < 1.29 is 4.39 Å². The third kappa shape index (κ3) is 4.22. The lowest BCUT2D eigenvalue weighted by Crippen LogP contribution is -2.03. The molecule has 0 N–H and O–H groups in total. The van der Waals surface area contributed by atoms with E-state index in [1.165, 1.54) is 61.2 Å². The zero-order valence-electron chi connectivity index (χ0n) is 25.7. The fraction of sp³-hybridized carbons (Fsp3) is 0.0667. The maximum Gasteiger partial charge on any atom is 0.124 e. The molecule has 2 heteroatoms. The van der Waals surface area contributed by atoms with Gasteiger partial charge in [0, 0.05) is 17.0 Å². The van der Waals surface area contributed by atoms with Crippen LogP contribution in [0.25, 0.3) is 82.4 Å². The zero-order valence-corrected chi connectivity index (χ0v) is 25.7. The zero-order chi connectivity index (χ0) is 31.1. The fourth-order valence-electron chi connectivity index (χ4n) is 7.93. The van der Waals surface area contributed by atoms with Crippen LogP contribution < -0.4 is 0 Å². The van der Waals surface area contributed by atoms with Crippen LogP contribution in [0.15, 0.2) is 158 Å². The second kappa shape index (κ2) is 10.1. The molecular weight excluding hydrogens is 574 g/mol. The summed E-state index contributed by atoms with van der Waals surface area (Å²) in [6, 6.07) is 48.7. The lowest BCUT2D eigenvalue weighted by molar-refractivity contribution is 0.629. The summed E-state index contributed by atoms with van der Waals surface area (Å²) in [4.78, 5) is 0. The van der Waals surface area contributed by atoms with Crippen molar-refractivity contribution in [3.63, 3.8) is 0 Å². The van der Waals surface area contributed by atoms with Crippen molar-refractivity contribution in [3.8, 4) is 33.5 Å². The quantitative estimate of drug-likeness (QED) is 0.176. The molecule has 222 valence electrons. The summed E-state index contributed by atoms with van der Waals surface area (Å²) >= 11 is 0. The smallest absolute Gasteiger partial charge is 0.124 e. The Hall–Kier alpha value is -5.73. The Morgan fingerprint density at radius 2 is 1.13 bits per heavy atom. The summed E-state index contributed by atoms with van der Waals surface area (Å²) in [7, 11) is 0. The molecule has 0 spiro atoms. The molecule has 2 atom stereocenters. The number of fused-ring (bicyclic) bond motifs is 8. The van der Waals surface area contributed by atoms with Gasteiger partial charge in [0.05, 0.1) is 11.2 Å². The van der Waals surface area contributed by atoms with E-state index >= 15 is 4.39 Å². The number of halogens is 1. The highest BCUT2D eigenvalue weighted by Crippen LogP contribution is 2.51. The van der Waals surface area contributed by atoms with E-state index in [0.717, 1.165) is 27.6 Å². The van der Waals surface area contributed by atoms with E-state index in [2.05, 4.69) is 150 Å². The molecule has 47 heavy (non-hydrogen) atoms. The minimum absolute atomic E-state index is 0.234. The minimum atomic E-state index is -0.234. The maximum absolute atomic E-state index is 15.5. The van der Waals surface area contributed by atoms with Crippen LogP contribution in [0.3, 0.4) is 0 Å². The summed E-state index contributed by atoms with van der Waals surface area (Å²) in [5.74, 6) is 0.982. The molecule has 2 unspecified atom stereocenters. The molecule has 2 aliphatic rings. The van der Waals surface area contributed by atoms with Gasteiger partial charge in [-0.05, 0) is 121 Å². The third-order valence-corrected chi connectivity index (χ3v) is 10.3. The highest BCUT2D eigenvalue weighted by atomic mass is 19.1. The number of benzene rings is 7. The van der Waals surface area contributed by atoms with Gasteiger partial charge >= 0.3 is 0 Å². The second-order valence-electron chi connectivity index (χ2n) is 13.1. The van der Waals surface area contributed by atoms with Gasteiger partial charge in [0.2, 0.25) is 0 Å². The van der Waals surface area contributed by atoms with Crippen LogP contribution >= 0.6 is 0 Å². The fourth-order valence-corrected chi connectivity index (χ4v) is 7.93. The SMILES string of the molecule is Fc1cc(-c2ccc3c(c2)cc(-c2ccccc2)n3C2=CC=CC3CC23)cc(-c2ccc3c4ccccc4c4ccccc4c3c2)c1. The van der Waals surface area contributed by atoms with Crippen LogP contribution in [-0.4, -0.2) is 4.57 Å². The van der Waals surface area contributed by atoms with E-state index in [-0.39, 0.29) is 5.82 Å². The molecule has 0 amide bonds. The average Bonchev–Trinajstić information content (AvgIpc) is 3.84. The number of nitrogens with zero attached hydrogens (tertiary/aromatic N) is 1. The van der Waals surface area contributed by atoms with E-state index in [9.17, 15) is 0 Å². The lowest BCUT2D eigenvalue weighted by atomic mass is 9.91.